The van der Waals surface area contributed by atoms with Gasteiger partial charge >= 0.3 is 0 Å². The molecule has 0 spiro atoms. The summed E-state index contributed by atoms with van der Waals surface area (Å²) in [4.78, 5) is 4.27. The van der Waals surface area contributed by atoms with E-state index >= 15 is 0 Å². The summed E-state index contributed by atoms with van der Waals surface area (Å²) in [5, 5.41) is 21.6. The molecule has 1 aliphatic rings. The molecule has 2 rings (SSSR count). The van der Waals surface area contributed by atoms with Crippen LogP contribution in [0.3, 0.4) is 0 Å². The summed E-state index contributed by atoms with van der Waals surface area (Å²) in [6.45, 7) is 3.68. The van der Waals surface area contributed by atoms with Gasteiger partial charge in [0, 0.05) is 17.6 Å². The van der Waals surface area contributed by atoms with Crippen molar-refractivity contribution in [2.24, 2.45) is 0 Å². The van der Waals surface area contributed by atoms with Gasteiger partial charge in [-0.05, 0) is 26.0 Å². The van der Waals surface area contributed by atoms with Crippen LogP contribution in [0.5, 0.6) is 0 Å². The van der Waals surface area contributed by atoms with Crippen LogP contribution < -0.4 is 5.32 Å². The third kappa shape index (κ3) is 1.85. The first-order chi connectivity index (χ1) is 8.69. The largest absolute Gasteiger partial charge is 0.361 e. The van der Waals surface area contributed by atoms with Gasteiger partial charge in [0.2, 0.25) is 0 Å². The van der Waals surface area contributed by atoms with E-state index < -0.39 is 0 Å². The van der Waals surface area contributed by atoms with Crippen LogP contribution in [0, 0.1) is 22.7 Å². The van der Waals surface area contributed by atoms with E-state index in [4.69, 9.17) is 0 Å². The predicted octanol–water partition coefficient (Wildman–Crippen LogP) is 2.36. The molecule has 0 radical (unpaired) electrons. The third-order valence-corrected chi connectivity index (χ3v) is 2.98. The monoisotopic (exact) mass is 236 g/mol. The molecule has 18 heavy (non-hydrogen) atoms. The second kappa shape index (κ2) is 4.73. The van der Waals surface area contributed by atoms with Gasteiger partial charge in [-0.1, -0.05) is 6.07 Å². The molecule has 0 saturated carbocycles. The maximum absolute atomic E-state index is 9.29. The predicted molar refractivity (Wildman–Crippen MR) is 66.7 cm³/mol. The maximum atomic E-state index is 9.29. The molecule has 0 bridgehead atoms. The lowest BCUT2D eigenvalue weighted by atomic mass is 9.84. The second-order valence-electron chi connectivity index (χ2n) is 4.11. The number of pyridine rings is 1. The van der Waals surface area contributed by atoms with Crippen molar-refractivity contribution in [3.63, 3.8) is 0 Å². The molecule has 1 N–H and O–H groups in total. The highest BCUT2D eigenvalue weighted by molar-refractivity contribution is 5.53. The molecule has 0 saturated heterocycles. The average Bonchev–Trinajstić information content (AvgIpc) is 2.39. The van der Waals surface area contributed by atoms with E-state index in [-0.39, 0.29) is 5.92 Å². The number of aromatic nitrogens is 1. The summed E-state index contributed by atoms with van der Waals surface area (Å²) >= 11 is 0. The van der Waals surface area contributed by atoms with E-state index in [1.54, 1.807) is 6.20 Å². The highest BCUT2D eigenvalue weighted by atomic mass is 14.9. The zero-order valence-electron chi connectivity index (χ0n) is 10.2. The molecule has 1 aromatic heterocycles. The Kier molecular flexibility index (Phi) is 3.12. The molecule has 0 aliphatic carbocycles. The number of nitrogens with one attached hydrogen (secondary N) is 1. The first-order valence-corrected chi connectivity index (χ1v) is 5.58. The molecule has 4 heteroatoms. The minimum absolute atomic E-state index is 0.359. The quantitative estimate of drug-likeness (QED) is 0.812. The molecule has 0 atom stereocenters. The summed E-state index contributed by atoms with van der Waals surface area (Å²) in [5.41, 5.74) is 3.40. The molecule has 0 fully saturated rings. The summed E-state index contributed by atoms with van der Waals surface area (Å²) in [5.74, 6) is -0.359. The Labute approximate surface area is 106 Å². The summed E-state index contributed by atoms with van der Waals surface area (Å²) in [6.07, 6.45) is 1.67. The lowest BCUT2D eigenvalue weighted by Gasteiger charge is -2.25. The van der Waals surface area contributed by atoms with Crippen molar-refractivity contribution in [3.05, 3.63) is 52.6 Å². The fraction of sp³-hybridized carbons (Fsp3) is 0.214. The Morgan fingerprint density at radius 3 is 2.17 bits per heavy atom. The number of hydrogen-bond donors (Lipinski definition) is 1. The lowest BCUT2D eigenvalue weighted by Crippen LogP contribution is -2.23. The fourth-order valence-electron chi connectivity index (χ4n) is 2.13. The van der Waals surface area contributed by atoms with Crippen molar-refractivity contribution in [2.75, 3.05) is 0 Å². The van der Waals surface area contributed by atoms with Gasteiger partial charge in [0.25, 0.3) is 0 Å². The van der Waals surface area contributed by atoms with Gasteiger partial charge < -0.3 is 5.32 Å². The molecule has 4 nitrogen and oxygen atoms in total. The first kappa shape index (κ1) is 11.9. The SMILES string of the molecule is CC1=C(C#N)C(c2ccccn2)C(C#N)=C(C)N1. The molecule has 0 amide bonds. The maximum Gasteiger partial charge on any atom is 0.0976 e. The summed E-state index contributed by atoms with van der Waals surface area (Å²) < 4.78 is 0. The Balaban J connectivity index is 2.62. The number of allylic oxidation sites excluding steroid dienone is 4. The van der Waals surface area contributed by atoms with Crippen LogP contribution in [0.4, 0.5) is 0 Å². The fourth-order valence-corrected chi connectivity index (χ4v) is 2.13. The molecule has 88 valence electrons. The number of nitrogens with zero attached hydrogens (tertiary/aromatic N) is 3. The number of rotatable bonds is 1. The smallest absolute Gasteiger partial charge is 0.0976 e. The van der Waals surface area contributed by atoms with E-state index in [0.29, 0.717) is 11.1 Å². The van der Waals surface area contributed by atoms with Gasteiger partial charge in [0.05, 0.1) is 34.9 Å². The van der Waals surface area contributed by atoms with Crippen molar-refractivity contribution in [1.29, 1.82) is 10.5 Å². The van der Waals surface area contributed by atoms with Gasteiger partial charge in [0.1, 0.15) is 0 Å². The van der Waals surface area contributed by atoms with Gasteiger partial charge in [-0.2, -0.15) is 10.5 Å². The third-order valence-electron chi connectivity index (χ3n) is 2.98. The van der Waals surface area contributed by atoms with Crippen LogP contribution in [0.15, 0.2) is 46.9 Å². The van der Waals surface area contributed by atoms with E-state index in [1.807, 2.05) is 32.0 Å². The molecule has 0 aromatic carbocycles. The van der Waals surface area contributed by atoms with Gasteiger partial charge in [-0.3, -0.25) is 4.98 Å². The van der Waals surface area contributed by atoms with Gasteiger partial charge in [-0.15, -0.1) is 0 Å². The van der Waals surface area contributed by atoms with Gasteiger partial charge in [-0.25, -0.2) is 0 Å². The molecule has 1 aromatic rings. The molecule has 2 heterocycles. The highest BCUT2D eigenvalue weighted by Gasteiger charge is 2.29. The molecular formula is C14H12N4. The average molecular weight is 236 g/mol. The van der Waals surface area contributed by atoms with Crippen LogP contribution in [-0.4, -0.2) is 4.98 Å². The van der Waals surface area contributed by atoms with Crippen molar-refractivity contribution in [3.8, 4) is 12.1 Å². The minimum Gasteiger partial charge on any atom is -0.361 e. The Bertz CT molecular complexity index is 575. The number of dihydropyridines is 1. The molecule has 0 unspecified atom stereocenters. The van der Waals surface area contributed by atoms with Crippen LogP contribution in [0.1, 0.15) is 25.5 Å². The number of hydrogen-bond acceptors (Lipinski definition) is 4. The van der Waals surface area contributed by atoms with Crippen molar-refractivity contribution in [1.82, 2.24) is 10.3 Å². The molecule has 1 aliphatic heterocycles. The minimum atomic E-state index is -0.359. The zero-order chi connectivity index (χ0) is 13.1. The Morgan fingerprint density at radius 2 is 1.72 bits per heavy atom. The molecular weight excluding hydrogens is 224 g/mol. The van der Waals surface area contributed by atoms with Crippen LogP contribution in [0.25, 0.3) is 0 Å². The van der Waals surface area contributed by atoms with Crippen LogP contribution in [0.2, 0.25) is 0 Å². The normalized spacial score (nSPS) is 16.0. The van der Waals surface area contributed by atoms with E-state index in [9.17, 15) is 10.5 Å². The Morgan fingerprint density at radius 1 is 1.11 bits per heavy atom. The van der Waals surface area contributed by atoms with E-state index in [1.165, 1.54) is 0 Å². The van der Waals surface area contributed by atoms with Crippen LogP contribution in [-0.2, 0) is 0 Å². The zero-order valence-corrected chi connectivity index (χ0v) is 10.2. The van der Waals surface area contributed by atoms with Crippen molar-refractivity contribution < 1.29 is 0 Å². The van der Waals surface area contributed by atoms with Crippen LogP contribution >= 0.6 is 0 Å². The topological polar surface area (TPSA) is 72.5 Å². The standard InChI is InChI=1S/C14H12N4/c1-9-11(7-15)14(12(8-16)10(2)18-9)13-5-3-4-6-17-13/h3-6,14,18H,1-2H3. The first-order valence-electron chi connectivity index (χ1n) is 5.58. The van der Waals surface area contributed by atoms with E-state index in [2.05, 4.69) is 22.4 Å². The highest BCUT2D eigenvalue weighted by Crippen LogP contribution is 2.35. The summed E-state index contributed by atoms with van der Waals surface area (Å²) in [7, 11) is 0. The Hall–Kier alpha value is -2.59. The van der Waals surface area contributed by atoms with Gasteiger partial charge in [0.15, 0.2) is 0 Å². The second-order valence-corrected chi connectivity index (χ2v) is 4.11. The van der Waals surface area contributed by atoms with E-state index in [0.717, 1.165) is 17.1 Å². The lowest BCUT2D eigenvalue weighted by molar-refractivity contribution is 0.795. The summed E-state index contributed by atoms with van der Waals surface area (Å²) in [6, 6.07) is 9.87. The van der Waals surface area contributed by atoms with Crippen molar-refractivity contribution in [2.45, 2.75) is 19.8 Å². The number of nitriles is 2. The van der Waals surface area contributed by atoms with Crippen molar-refractivity contribution >= 4 is 0 Å².